The van der Waals surface area contributed by atoms with Gasteiger partial charge in [0.05, 0.1) is 10.8 Å². The molecule has 27 rings (SSSR count). The highest BCUT2D eigenvalue weighted by Crippen LogP contribution is 2.66. The van der Waals surface area contributed by atoms with Gasteiger partial charge in [0, 0.05) is 33.4 Å². The Kier molecular flexibility index (Phi) is 25.8. The van der Waals surface area contributed by atoms with Crippen LogP contribution >= 0.6 is 0 Å². The third kappa shape index (κ3) is 16.8. The standard InChI is InChI=1S/2C30H22.C29H20O.C29H24.C29H16/c2*1-5-13-23(14-6-1)27-21-22-28(24-15-7-2-8-16-24)30(26-19-11-4-12-20-26)29(27)25-17-9-3-10-18-25;30-29-27(23-17-9-3-10-18-23)25(21-13-5-1-6-14-21)26(22-15-7-2-8-16-22)28(29)24-19-11-4-12-20-24;2*1-3-19-13-15-23-24-16-14-20(4-2)18-28(24)29(27(23)17-19)25-11-7-5-9-21(25)22-10-6-8-12-26(22)29/h2*1-22H;1-20H;5-18H,3-4H2,1-2H3;1-2,5-18H. The van der Waals surface area contributed by atoms with Crippen LogP contribution in [0.1, 0.15) is 103 Å². The zero-order valence-electron chi connectivity index (χ0n) is 82.6. The second-order valence-electron chi connectivity index (χ2n) is 38.0. The number of terminal acetylenes is 2. The van der Waals surface area contributed by atoms with E-state index in [9.17, 15) is 4.79 Å². The van der Waals surface area contributed by atoms with Crippen molar-refractivity contribution in [2.24, 2.45) is 0 Å². The average Bonchev–Trinajstić information content (AvgIpc) is 1.51. The van der Waals surface area contributed by atoms with Gasteiger partial charge in [0.15, 0.2) is 5.78 Å². The lowest BCUT2D eigenvalue weighted by molar-refractivity contribution is -0.108. The van der Waals surface area contributed by atoms with Crippen molar-refractivity contribution in [1.29, 1.82) is 0 Å². The summed E-state index contributed by atoms with van der Waals surface area (Å²) >= 11 is 0. The highest BCUT2D eigenvalue weighted by atomic mass is 16.1. The molecule has 0 N–H and O–H groups in total. The minimum Gasteiger partial charge on any atom is -0.289 e. The van der Waals surface area contributed by atoms with E-state index in [0.29, 0.717) is 0 Å². The lowest BCUT2D eigenvalue weighted by Crippen LogP contribution is -2.26. The number of hydrogen-bond donors (Lipinski definition) is 0. The van der Waals surface area contributed by atoms with E-state index in [2.05, 4.69) is 475 Å². The first-order valence-electron chi connectivity index (χ1n) is 51.2. The highest BCUT2D eigenvalue weighted by Gasteiger charge is 2.54. The summed E-state index contributed by atoms with van der Waals surface area (Å²) in [6.07, 6.45) is 13.7. The van der Waals surface area contributed by atoms with Crippen molar-refractivity contribution in [3.63, 3.8) is 0 Å². The first-order valence-corrected chi connectivity index (χ1v) is 51.2. The maximum absolute atomic E-state index is 14.0. The van der Waals surface area contributed by atoms with Gasteiger partial charge in [0.25, 0.3) is 0 Å². The van der Waals surface area contributed by atoms with Gasteiger partial charge < -0.3 is 0 Å². The molecule has 0 bridgehead atoms. The van der Waals surface area contributed by atoms with E-state index in [1.54, 1.807) is 0 Å². The molecule has 0 atom stereocenters. The number of hydrogen-bond acceptors (Lipinski definition) is 1. The summed E-state index contributed by atoms with van der Waals surface area (Å²) in [5.41, 5.74) is 52.9. The molecular formula is C147H104O. The van der Waals surface area contributed by atoms with Crippen molar-refractivity contribution in [2.45, 2.75) is 37.5 Å². The number of carbonyl (C=O) groups excluding carboxylic acids is 1. The van der Waals surface area contributed by atoms with E-state index in [4.69, 9.17) is 12.8 Å². The number of Topliss-reactive ketones (excluding diaryl/α,β-unsaturated/α-hetero) is 1. The van der Waals surface area contributed by atoms with Crippen LogP contribution in [0.5, 0.6) is 0 Å². The maximum atomic E-state index is 14.0. The van der Waals surface area contributed by atoms with Crippen LogP contribution in [0, 0.1) is 24.7 Å². The molecule has 1 nitrogen and oxygen atoms in total. The molecule has 0 radical (unpaired) electrons. The smallest absolute Gasteiger partial charge is 0.195 e. The number of benzene rings is 22. The van der Waals surface area contributed by atoms with Gasteiger partial charge in [-0.1, -0.05) is 560 Å². The van der Waals surface area contributed by atoms with Crippen LogP contribution in [0.3, 0.4) is 0 Å². The largest absolute Gasteiger partial charge is 0.289 e. The van der Waals surface area contributed by atoms with Crippen molar-refractivity contribution in [3.05, 3.63) is 647 Å². The van der Waals surface area contributed by atoms with E-state index in [-0.39, 0.29) is 11.2 Å². The van der Waals surface area contributed by atoms with Gasteiger partial charge in [-0.15, -0.1) is 12.8 Å². The second-order valence-corrected chi connectivity index (χ2v) is 38.0. The summed E-state index contributed by atoms with van der Waals surface area (Å²) in [7, 11) is 0. The van der Waals surface area contributed by atoms with Crippen molar-refractivity contribution in [1.82, 2.24) is 0 Å². The van der Waals surface area contributed by atoms with Crippen molar-refractivity contribution < 1.29 is 4.79 Å². The van der Waals surface area contributed by atoms with Crippen LogP contribution in [0.2, 0.25) is 0 Å². The average molecular weight is 1890 g/mol. The summed E-state index contributed by atoms with van der Waals surface area (Å²) in [6.45, 7) is 4.50. The Morgan fingerprint density at radius 1 is 0.169 bits per heavy atom. The molecule has 1 heteroatoms. The monoisotopic (exact) mass is 1880 g/mol. The molecule has 22 aromatic rings. The predicted octanol–water partition coefficient (Wildman–Crippen LogP) is 36.6. The fourth-order valence-electron chi connectivity index (χ4n) is 23.4. The number of allylic oxidation sites excluding steroid dienone is 4. The SMILES string of the molecule is C#Cc1ccc2c(c1)C1(c3ccccc3-c3ccccc31)c1cc(C#C)ccc1-2.CCc1ccc2c(c1)C1(c3ccccc3-c3ccccc31)c1cc(CC)ccc1-2.O=C1C(c2ccccc2)=C(c2ccccc2)C(c2ccccc2)=C1c1ccccc1.c1ccc(-c2ccc(-c3ccccc3)c(-c3ccccc3)c2-c2ccccc2)cc1.c1ccc(-c2ccc(-c3ccccc3)c(-c3ccccc3)c2-c2ccccc2)cc1. The summed E-state index contributed by atoms with van der Waals surface area (Å²) in [5, 5.41) is 0. The first-order chi connectivity index (χ1) is 73.2. The Morgan fingerprint density at radius 3 is 0.568 bits per heavy atom. The summed E-state index contributed by atoms with van der Waals surface area (Å²) in [4.78, 5) is 14.0. The second kappa shape index (κ2) is 41.2. The minimum absolute atomic E-state index is 0.0742. The third-order valence-electron chi connectivity index (χ3n) is 29.9. The van der Waals surface area contributed by atoms with E-state index in [0.717, 1.165) is 68.5 Å². The normalized spacial score (nSPS) is 12.6. The lowest BCUT2D eigenvalue weighted by atomic mass is 9.70. The van der Waals surface area contributed by atoms with Gasteiger partial charge in [0.2, 0.25) is 0 Å². The number of ketones is 1. The Balaban J connectivity index is 0.000000102. The molecule has 0 aromatic heterocycles. The molecule has 0 unspecified atom stereocenters. The Labute approximate surface area is 869 Å². The molecule has 0 heterocycles. The minimum atomic E-state index is -0.391. The van der Waals surface area contributed by atoms with Crippen molar-refractivity contribution >= 4 is 28.1 Å². The molecule has 0 fully saturated rings. The molecule has 5 aliphatic rings. The molecular weight excluding hydrogens is 1780 g/mol. The number of fused-ring (bicyclic) bond motifs is 20. The first kappa shape index (κ1) is 92.8. The predicted molar refractivity (Wildman–Crippen MR) is 621 cm³/mol. The zero-order chi connectivity index (χ0) is 99.9. The quantitative estimate of drug-likeness (QED) is 0.0992. The lowest BCUT2D eigenvalue weighted by Gasteiger charge is -2.31. The topological polar surface area (TPSA) is 17.1 Å². The highest BCUT2D eigenvalue weighted by molar-refractivity contribution is 6.59. The number of rotatable bonds is 14. The van der Waals surface area contributed by atoms with Crippen molar-refractivity contribution in [3.8, 4) is 158 Å². The molecule has 0 amide bonds. The Morgan fingerprint density at radius 2 is 0.345 bits per heavy atom. The summed E-state index contributed by atoms with van der Waals surface area (Å²) in [6, 6.07) is 198. The van der Waals surface area contributed by atoms with Gasteiger partial charge >= 0.3 is 0 Å². The maximum Gasteiger partial charge on any atom is 0.195 e. The number of carbonyl (C=O) groups is 1. The molecule has 0 saturated heterocycles. The van der Waals surface area contributed by atoms with Gasteiger partial charge in [-0.25, -0.2) is 0 Å². The van der Waals surface area contributed by atoms with E-state index < -0.39 is 5.41 Å². The summed E-state index contributed by atoms with van der Waals surface area (Å²) in [5.74, 6) is 5.73. The van der Waals surface area contributed by atoms with Gasteiger partial charge in [0.1, 0.15) is 0 Å². The molecule has 148 heavy (non-hydrogen) atoms. The van der Waals surface area contributed by atoms with Crippen LogP contribution in [0.4, 0.5) is 0 Å². The molecule has 5 aliphatic carbocycles. The Bertz CT molecular complexity index is 8120. The molecule has 2 spiro atoms. The number of aryl methyl sites for hydroxylation is 2. The fourth-order valence-corrected chi connectivity index (χ4v) is 23.4. The van der Waals surface area contributed by atoms with Crippen LogP contribution < -0.4 is 0 Å². The Hall–Kier alpha value is -18.9. The summed E-state index contributed by atoms with van der Waals surface area (Å²) < 4.78 is 0. The van der Waals surface area contributed by atoms with Gasteiger partial charge in [-0.05, 0) is 249 Å². The molecule has 22 aromatic carbocycles. The van der Waals surface area contributed by atoms with E-state index in [1.165, 1.54) is 189 Å². The van der Waals surface area contributed by atoms with Gasteiger partial charge in [-0.3, -0.25) is 4.79 Å². The van der Waals surface area contributed by atoms with E-state index in [1.807, 2.05) is 109 Å². The van der Waals surface area contributed by atoms with Gasteiger partial charge in [-0.2, -0.15) is 0 Å². The van der Waals surface area contributed by atoms with Crippen LogP contribution in [0.25, 0.3) is 156 Å². The van der Waals surface area contributed by atoms with Crippen molar-refractivity contribution in [2.75, 3.05) is 0 Å². The van der Waals surface area contributed by atoms with E-state index >= 15 is 0 Å². The zero-order valence-corrected chi connectivity index (χ0v) is 82.6. The van der Waals surface area contributed by atoms with Crippen LogP contribution in [0.15, 0.2) is 558 Å². The molecule has 0 aliphatic heterocycles. The van der Waals surface area contributed by atoms with Crippen LogP contribution in [-0.4, -0.2) is 5.78 Å². The third-order valence-corrected chi connectivity index (χ3v) is 29.9. The molecule has 698 valence electrons. The fraction of sp³-hybridized carbons (Fsp3) is 0.0408. The van der Waals surface area contributed by atoms with Crippen LogP contribution in [-0.2, 0) is 28.5 Å². The molecule has 0 saturated carbocycles.